The Hall–Kier alpha value is -3.61. The Bertz CT molecular complexity index is 1360. The zero-order chi connectivity index (χ0) is 18.7. The Kier molecular flexibility index (Phi) is 3.15. The van der Waals surface area contributed by atoms with Crippen molar-refractivity contribution in [1.29, 1.82) is 0 Å². The van der Waals surface area contributed by atoms with E-state index in [9.17, 15) is 4.79 Å². The van der Waals surface area contributed by atoms with Crippen LogP contribution in [0.15, 0.2) is 50.5 Å². The summed E-state index contributed by atoms with van der Waals surface area (Å²) in [6.45, 7) is 3.79. The first-order valence-electron chi connectivity index (χ1n) is 8.52. The molecular formula is C20H16N4O3. The lowest BCUT2D eigenvalue weighted by Crippen LogP contribution is -2.12. The molecule has 1 N–H and O–H groups in total. The molecule has 0 fully saturated rings. The third kappa shape index (κ3) is 2.25. The number of aryl methyl sites for hydroxylation is 3. The van der Waals surface area contributed by atoms with Gasteiger partial charge in [-0.15, -0.1) is 0 Å². The first kappa shape index (κ1) is 15.6. The molecular weight excluding hydrogens is 344 g/mol. The monoisotopic (exact) mass is 360 g/mol. The summed E-state index contributed by atoms with van der Waals surface area (Å²) in [4.78, 5) is 19.5. The van der Waals surface area contributed by atoms with E-state index in [1.165, 1.54) is 6.39 Å². The number of nitrogens with one attached hydrogen (secondary N) is 1. The molecule has 27 heavy (non-hydrogen) atoms. The number of aromatic amines is 1. The van der Waals surface area contributed by atoms with E-state index < -0.39 is 0 Å². The van der Waals surface area contributed by atoms with Crippen molar-refractivity contribution in [2.75, 3.05) is 0 Å². The third-order valence-electron chi connectivity index (χ3n) is 4.96. The molecule has 0 aliphatic carbocycles. The fourth-order valence-corrected chi connectivity index (χ4v) is 3.68. The van der Waals surface area contributed by atoms with Gasteiger partial charge in [0.15, 0.2) is 12.0 Å². The highest BCUT2D eigenvalue weighted by Crippen LogP contribution is 2.36. The number of H-pyrrole nitrogens is 1. The SMILES string of the molecule is Cc1noc(C)c1-c1cc(-c2ccc3ocnc3c2)c2c(c1)[nH]c(=O)n2C. The first-order chi connectivity index (χ1) is 13.0. The number of benzene rings is 2. The number of fused-ring (bicyclic) bond motifs is 2. The molecule has 0 saturated carbocycles. The van der Waals surface area contributed by atoms with Gasteiger partial charge in [-0.05, 0) is 49.2 Å². The van der Waals surface area contributed by atoms with Gasteiger partial charge in [-0.25, -0.2) is 9.78 Å². The average Bonchev–Trinajstić information content (AvgIpc) is 3.32. The summed E-state index contributed by atoms with van der Waals surface area (Å²) in [5.74, 6) is 0.739. The molecule has 0 unspecified atom stereocenters. The van der Waals surface area contributed by atoms with Crippen molar-refractivity contribution in [2.45, 2.75) is 13.8 Å². The van der Waals surface area contributed by atoms with Crippen molar-refractivity contribution in [3.63, 3.8) is 0 Å². The minimum absolute atomic E-state index is 0.162. The molecule has 3 aromatic heterocycles. The second-order valence-electron chi connectivity index (χ2n) is 6.64. The average molecular weight is 360 g/mol. The molecule has 0 radical (unpaired) electrons. The number of hydrogen-bond donors (Lipinski definition) is 1. The van der Waals surface area contributed by atoms with Crippen LogP contribution in [0.25, 0.3) is 44.4 Å². The summed E-state index contributed by atoms with van der Waals surface area (Å²) in [5, 5.41) is 4.06. The Morgan fingerprint density at radius 1 is 1.11 bits per heavy atom. The maximum absolute atomic E-state index is 12.3. The van der Waals surface area contributed by atoms with E-state index in [1.807, 2.05) is 38.1 Å². The van der Waals surface area contributed by atoms with Crippen molar-refractivity contribution in [2.24, 2.45) is 7.05 Å². The smallest absolute Gasteiger partial charge is 0.326 e. The minimum atomic E-state index is -0.162. The van der Waals surface area contributed by atoms with Gasteiger partial charge in [0, 0.05) is 18.2 Å². The molecule has 0 bridgehead atoms. The molecule has 0 spiro atoms. The van der Waals surface area contributed by atoms with Crippen LogP contribution in [-0.2, 0) is 7.05 Å². The van der Waals surface area contributed by atoms with Crippen molar-refractivity contribution in [1.82, 2.24) is 19.7 Å². The highest BCUT2D eigenvalue weighted by atomic mass is 16.5. The van der Waals surface area contributed by atoms with Gasteiger partial charge in [0.2, 0.25) is 0 Å². The normalized spacial score (nSPS) is 11.7. The van der Waals surface area contributed by atoms with Crippen molar-refractivity contribution < 1.29 is 8.94 Å². The quantitative estimate of drug-likeness (QED) is 0.515. The molecule has 2 aromatic carbocycles. The van der Waals surface area contributed by atoms with Gasteiger partial charge >= 0.3 is 5.69 Å². The summed E-state index contributed by atoms with van der Waals surface area (Å²) in [6, 6.07) is 9.83. The highest BCUT2D eigenvalue weighted by molar-refractivity contribution is 5.98. The molecule has 0 aliphatic rings. The van der Waals surface area contributed by atoms with Crippen LogP contribution in [0.5, 0.6) is 0 Å². The van der Waals surface area contributed by atoms with Crippen molar-refractivity contribution in [3.8, 4) is 22.3 Å². The predicted molar refractivity (Wildman–Crippen MR) is 102 cm³/mol. The van der Waals surface area contributed by atoms with Crippen molar-refractivity contribution in [3.05, 3.63) is 58.7 Å². The van der Waals surface area contributed by atoms with Crippen molar-refractivity contribution >= 4 is 22.1 Å². The van der Waals surface area contributed by atoms with Gasteiger partial charge < -0.3 is 13.9 Å². The minimum Gasteiger partial charge on any atom is -0.443 e. The number of rotatable bonds is 2. The molecule has 7 nitrogen and oxygen atoms in total. The Balaban J connectivity index is 1.87. The Morgan fingerprint density at radius 3 is 2.74 bits per heavy atom. The molecule has 0 saturated heterocycles. The fourth-order valence-electron chi connectivity index (χ4n) is 3.68. The fraction of sp³-hybridized carbons (Fsp3) is 0.150. The topological polar surface area (TPSA) is 89.8 Å². The zero-order valence-corrected chi connectivity index (χ0v) is 15.0. The Morgan fingerprint density at radius 2 is 1.96 bits per heavy atom. The van der Waals surface area contributed by atoms with E-state index in [0.717, 1.165) is 55.8 Å². The van der Waals surface area contributed by atoms with Crippen LogP contribution < -0.4 is 5.69 Å². The predicted octanol–water partition coefficient (Wildman–Crippen LogP) is 3.95. The van der Waals surface area contributed by atoms with Crippen LogP contribution in [0.1, 0.15) is 11.5 Å². The number of imidazole rings is 1. The summed E-state index contributed by atoms with van der Waals surface area (Å²) in [5.41, 5.74) is 7.48. The molecule has 0 atom stereocenters. The van der Waals surface area contributed by atoms with Gasteiger partial charge in [0.25, 0.3) is 0 Å². The van der Waals surface area contributed by atoms with Gasteiger partial charge in [-0.2, -0.15) is 0 Å². The summed E-state index contributed by atoms with van der Waals surface area (Å²) < 4.78 is 12.3. The van der Waals surface area contributed by atoms with E-state index in [4.69, 9.17) is 8.94 Å². The van der Waals surface area contributed by atoms with E-state index >= 15 is 0 Å². The zero-order valence-electron chi connectivity index (χ0n) is 15.0. The lowest BCUT2D eigenvalue weighted by atomic mass is 9.96. The summed E-state index contributed by atoms with van der Waals surface area (Å²) in [6.07, 6.45) is 1.43. The second kappa shape index (κ2) is 5.44. The number of oxazole rings is 1. The maximum atomic E-state index is 12.3. The Labute approximate surface area is 153 Å². The molecule has 5 rings (SSSR count). The lowest BCUT2D eigenvalue weighted by molar-refractivity contribution is 0.393. The molecule has 5 aromatic rings. The largest absolute Gasteiger partial charge is 0.443 e. The molecule has 134 valence electrons. The number of nitrogens with zero attached hydrogens (tertiary/aromatic N) is 3. The number of hydrogen-bond acceptors (Lipinski definition) is 5. The second-order valence-corrected chi connectivity index (χ2v) is 6.64. The summed E-state index contributed by atoms with van der Waals surface area (Å²) >= 11 is 0. The van der Waals surface area contributed by atoms with E-state index in [0.29, 0.717) is 0 Å². The van der Waals surface area contributed by atoms with E-state index in [1.54, 1.807) is 11.6 Å². The number of aromatic nitrogens is 4. The van der Waals surface area contributed by atoms with E-state index in [-0.39, 0.29) is 5.69 Å². The van der Waals surface area contributed by atoms with E-state index in [2.05, 4.69) is 21.2 Å². The van der Waals surface area contributed by atoms with Crippen LogP contribution >= 0.6 is 0 Å². The molecule has 7 heteroatoms. The molecule has 3 heterocycles. The van der Waals surface area contributed by atoms with Gasteiger partial charge in [-0.1, -0.05) is 11.2 Å². The highest BCUT2D eigenvalue weighted by Gasteiger charge is 2.18. The standard InChI is InChI=1S/C20H16N4O3/c1-10-18(11(2)27-23-10)13-6-14(19-16(8-13)22-20(25)24(19)3)12-4-5-17-15(7-12)21-9-26-17/h4-9H,1-3H3,(H,22,25). The third-order valence-corrected chi connectivity index (χ3v) is 4.96. The van der Waals surface area contributed by atoms with Crippen LogP contribution in [0.4, 0.5) is 0 Å². The van der Waals surface area contributed by atoms with Crippen LogP contribution in [-0.4, -0.2) is 19.7 Å². The summed E-state index contributed by atoms with van der Waals surface area (Å²) in [7, 11) is 1.76. The lowest BCUT2D eigenvalue weighted by Gasteiger charge is -2.09. The van der Waals surface area contributed by atoms with Crippen LogP contribution in [0, 0.1) is 13.8 Å². The first-order valence-corrected chi connectivity index (χ1v) is 8.52. The van der Waals surface area contributed by atoms with Gasteiger partial charge in [0.05, 0.1) is 16.7 Å². The van der Waals surface area contributed by atoms with Crippen LogP contribution in [0.3, 0.4) is 0 Å². The van der Waals surface area contributed by atoms with Gasteiger partial charge in [-0.3, -0.25) is 4.57 Å². The molecule has 0 amide bonds. The van der Waals surface area contributed by atoms with Gasteiger partial charge in [0.1, 0.15) is 11.3 Å². The maximum Gasteiger partial charge on any atom is 0.326 e. The van der Waals surface area contributed by atoms with Crippen LogP contribution in [0.2, 0.25) is 0 Å². The molecule has 0 aliphatic heterocycles.